The average Bonchev–Trinajstić information content (AvgIpc) is 2.27. The number of nitro benzene ring substituents is 1. The van der Waals surface area contributed by atoms with Gasteiger partial charge in [-0.2, -0.15) is 0 Å². The summed E-state index contributed by atoms with van der Waals surface area (Å²) in [5.74, 6) is -2.08. The van der Waals surface area contributed by atoms with Gasteiger partial charge in [0, 0.05) is 5.54 Å². The Morgan fingerprint density at radius 3 is 2.45 bits per heavy atom. The Morgan fingerprint density at radius 1 is 1.50 bits per heavy atom. The summed E-state index contributed by atoms with van der Waals surface area (Å²) in [5.41, 5.74) is -1.27. The van der Waals surface area contributed by atoms with Gasteiger partial charge in [-0.25, -0.2) is 4.39 Å². The van der Waals surface area contributed by atoms with Crippen LogP contribution in [0.1, 0.15) is 20.8 Å². The van der Waals surface area contributed by atoms with E-state index in [9.17, 15) is 19.3 Å². The highest BCUT2D eigenvalue weighted by molar-refractivity contribution is 6.31. The van der Waals surface area contributed by atoms with Crippen molar-refractivity contribution < 1.29 is 19.2 Å². The van der Waals surface area contributed by atoms with Crippen molar-refractivity contribution in [1.82, 2.24) is 0 Å². The number of hydrogen-bond acceptors (Lipinski definition) is 4. The predicted molar refractivity (Wildman–Crippen MR) is 72.8 cm³/mol. The van der Waals surface area contributed by atoms with Gasteiger partial charge < -0.3 is 10.0 Å². The van der Waals surface area contributed by atoms with E-state index in [-0.39, 0.29) is 10.7 Å². The third-order valence-corrected chi connectivity index (χ3v) is 2.90. The van der Waals surface area contributed by atoms with Crippen LogP contribution in [0.5, 0.6) is 0 Å². The molecule has 20 heavy (non-hydrogen) atoms. The molecular weight excluding hydrogens is 291 g/mol. The highest BCUT2D eigenvalue weighted by Gasteiger charge is 2.31. The molecule has 110 valence electrons. The second-order valence-electron chi connectivity index (χ2n) is 5.16. The second kappa shape index (κ2) is 5.62. The molecule has 0 radical (unpaired) electrons. The van der Waals surface area contributed by atoms with E-state index in [2.05, 4.69) is 0 Å². The molecule has 0 heterocycles. The maximum Gasteiger partial charge on any atom is 0.323 e. The van der Waals surface area contributed by atoms with E-state index in [4.69, 9.17) is 16.7 Å². The molecule has 0 unspecified atom stereocenters. The molecule has 1 rings (SSSR count). The van der Waals surface area contributed by atoms with Crippen LogP contribution in [-0.2, 0) is 4.79 Å². The van der Waals surface area contributed by atoms with Gasteiger partial charge in [-0.15, -0.1) is 0 Å². The van der Waals surface area contributed by atoms with Gasteiger partial charge in [0.1, 0.15) is 18.0 Å². The number of anilines is 1. The number of hydrogen-bond donors (Lipinski definition) is 1. The van der Waals surface area contributed by atoms with Crippen molar-refractivity contribution in [2.75, 3.05) is 11.4 Å². The van der Waals surface area contributed by atoms with Crippen molar-refractivity contribution >= 4 is 28.9 Å². The Labute approximate surface area is 119 Å². The van der Waals surface area contributed by atoms with Crippen LogP contribution in [0, 0.1) is 15.9 Å². The first-order valence-electron chi connectivity index (χ1n) is 5.67. The molecule has 0 aliphatic carbocycles. The van der Waals surface area contributed by atoms with Crippen molar-refractivity contribution in [2.45, 2.75) is 26.3 Å². The molecule has 0 aliphatic rings. The Morgan fingerprint density at radius 2 is 2.05 bits per heavy atom. The van der Waals surface area contributed by atoms with Crippen LogP contribution in [0.25, 0.3) is 0 Å². The molecule has 1 aromatic rings. The fourth-order valence-electron chi connectivity index (χ4n) is 1.71. The maximum atomic E-state index is 13.4. The quantitative estimate of drug-likeness (QED) is 0.682. The maximum absolute atomic E-state index is 13.4. The molecule has 0 amide bonds. The van der Waals surface area contributed by atoms with Crippen LogP contribution >= 0.6 is 11.6 Å². The van der Waals surface area contributed by atoms with Crippen molar-refractivity contribution in [3.63, 3.8) is 0 Å². The van der Waals surface area contributed by atoms with Crippen LogP contribution in [0.2, 0.25) is 5.02 Å². The summed E-state index contributed by atoms with van der Waals surface area (Å²) in [6.07, 6.45) is 0. The number of nitrogens with zero attached hydrogens (tertiary/aromatic N) is 2. The first-order chi connectivity index (χ1) is 9.04. The van der Waals surface area contributed by atoms with Gasteiger partial charge in [0.25, 0.3) is 5.69 Å². The zero-order chi connectivity index (χ0) is 15.7. The molecule has 0 bridgehead atoms. The number of halogens is 2. The lowest BCUT2D eigenvalue weighted by molar-refractivity contribution is -0.384. The molecule has 0 saturated carbocycles. The topological polar surface area (TPSA) is 83.7 Å². The van der Waals surface area contributed by atoms with Crippen molar-refractivity contribution in [2.24, 2.45) is 0 Å². The number of carboxylic acids is 1. The lowest BCUT2D eigenvalue weighted by atomic mass is 10.0. The number of carboxylic acid groups (broad SMARTS) is 1. The SMILES string of the molecule is CC(C)(C)N(CC(=O)O)c1cc(Cl)c(F)cc1[N+](=O)[O-]. The monoisotopic (exact) mass is 304 g/mol. The zero-order valence-electron chi connectivity index (χ0n) is 11.2. The van der Waals surface area contributed by atoms with E-state index in [0.717, 1.165) is 6.07 Å². The predicted octanol–water partition coefficient (Wildman–Crippen LogP) is 3.08. The Hall–Kier alpha value is -1.89. The van der Waals surface area contributed by atoms with Gasteiger partial charge in [0.2, 0.25) is 0 Å². The normalized spacial score (nSPS) is 11.2. The third-order valence-electron chi connectivity index (χ3n) is 2.61. The number of carbonyl (C=O) groups is 1. The van der Waals surface area contributed by atoms with E-state index in [1.54, 1.807) is 20.8 Å². The first kappa shape index (κ1) is 16.2. The Balaban J connectivity index is 3.50. The molecule has 0 fully saturated rings. The fraction of sp³-hybridized carbons (Fsp3) is 0.417. The van der Waals surface area contributed by atoms with Crippen LogP contribution < -0.4 is 4.90 Å². The van der Waals surface area contributed by atoms with Gasteiger partial charge in [-0.3, -0.25) is 14.9 Å². The molecular formula is C12H14ClFN2O4. The summed E-state index contributed by atoms with van der Waals surface area (Å²) < 4.78 is 13.4. The summed E-state index contributed by atoms with van der Waals surface area (Å²) in [6.45, 7) is 4.61. The van der Waals surface area contributed by atoms with Gasteiger partial charge in [0.15, 0.2) is 0 Å². The van der Waals surface area contributed by atoms with Crippen molar-refractivity contribution in [1.29, 1.82) is 0 Å². The minimum atomic E-state index is -1.16. The van der Waals surface area contributed by atoms with E-state index in [1.165, 1.54) is 4.90 Å². The Kier molecular flexibility index (Phi) is 4.54. The average molecular weight is 305 g/mol. The molecule has 0 aromatic heterocycles. The third kappa shape index (κ3) is 3.57. The zero-order valence-corrected chi connectivity index (χ0v) is 11.9. The lowest BCUT2D eigenvalue weighted by Gasteiger charge is -2.36. The number of rotatable bonds is 4. The van der Waals surface area contributed by atoms with E-state index in [1.807, 2.05) is 0 Å². The highest BCUT2D eigenvalue weighted by Crippen LogP contribution is 2.36. The first-order valence-corrected chi connectivity index (χ1v) is 6.04. The fourth-order valence-corrected chi connectivity index (χ4v) is 1.87. The van der Waals surface area contributed by atoms with Gasteiger partial charge in [-0.05, 0) is 26.8 Å². The number of aliphatic carboxylic acids is 1. The molecule has 8 heteroatoms. The van der Waals surface area contributed by atoms with E-state index >= 15 is 0 Å². The van der Waals surface area contributed by atoms with Crippen LogP contribution in [-0.4, -0.2) is 28.1 Å². The largest absolute Gasteiger partial charge is 0.480 e. The van der Waals surface area contributed by atoms with E-state index in [0.29, 0.717) is 6.07 Å². The molecule has 0 aliphatic heterocycles. The molecule has 0 atom stereocenters. The second-order valence-corrected chi connectivity index (χ2v) is 5.57. The Bertz CT molecular complexity index is 557. The number of nitro groups is 1. The highest BCUT2D eigenvalue weighted by atomic mass is 35.5. The summed E-state index contributed by atoms with van der Waals surface area (Å²) in [6, 6.07) is 1.77. The van der Waals surface area contributed by atoms with Crippen molar-refractivity contribution in [3.8, 4) is 0 Å². The molecule has 1 aromatic carbocycles. The molecule has 6 nitrogen and oxygen atoms in total. The van der Waals surface area contributed by atoms with Crippen LogP contribution in [0.15, 0.2) is 12.1 Å². The van der Waals surface area contributed by atoms with E-state index < -0.39 is 34.5 Å². The van der Waals surface area contributed by atoms with Gasteiger partial charge >= 0.3 is 5.97 Å². The molecule has 0 saturated heterocycles. The summed E-state index contributed by atoms with van der Waals surface area (Å²) in [4.78, 5) is 22.5. The smallest absolute Gasteiger partial charge is 0.323 e. The summed E-state index contributed by atoms with van der Waals surface area (Å²) in [7, 11) is 0. The standard InChI is InChI=1S/C12H14ClFN2O4/c1-12(2,3)15(6-11(17)18)9-4-7(13)8(14)5-10(9)16(19)20/h4-5H,6H2,1-3H3,(H,17,18). The van der Waals surface area contributed by atoms with Crippen LogP contribution in [0.4, 0.5) is 15.8 Å². The lowest BCUT2D eigenvalue weighted by Crippen LogP contribution is -2.45. The summed E-state index contributed by atoms with van der Waals surface area (Å²) in [5, 5.41) is 19.7. The minimum absolute atomic E-state index is 0.0312. The van der Waals surface area contributed by atoms with Crippen molar-refractivity contribution in [3.05, 3.63) is 33.1 Å². The minimum Gasteiger partial charge on any atom is -0.480 e. The molecule has 1 N–H and O–H groups in total. The van der Waals surface area contributed by atoms with Gasteiger partial charge in [-0.1, -0.05) is 11.6 Å². The van der Waals surface area contributed by atoms with Crippen LogP contribution in [0.3, 0.4) is 0 Å². The van der Waals surface area contributed by atoms with Gasteiger partial charge in [0.05, 0.1) is 16.0 Å². The molecule has 0 spiro atoms. The number of benzene rings is 1. The summed E-state index contributed by atoms with van der Waals surface area (Å²) >= 11 is 5.65.